The van der Waals surface area contributed by atoms with Gasteiger partial charge in [0.25, 0.3) is 11.8 Å². The topological polar surface area (TPSA) is 62.6 Å². The van der Waals surface area contributed by atoms with Gasteiger partial charge in [0, 0.05) is 11.7 Å². The van der Waals surface area contributed by atoms with Gasteiger partial charge in [0.05, 0.1) is 7.05 Å². The second-order valence-corrected chi connectivity index (χ2v) is 6.36. The van der Waals surface area contributed by atoms with Crippen LogP contribution in [-0.4, -0.2) is 38.0 Å². The molecule has 1 atom stereocenters. The summed E-state index contributed by atoms with van der Waals surface area (Å²) in [6.07, 6.45) is 3.93. The zero-order valence-electron chi connectivity index (χ0n) is 14.4. The first-order valence-corrected chi connectivity index (χ1v) is 8.54. The predicted octanol–water partition coefficient (Wildman–Crippen LogP) is 0.543. The lowest BCUT2D eigenvalue weighted by Gasteiger charge is -2.17. The highest BCUT2D eigenvalue weighted by Gasteiger charge is 2.25. The Morgan fingerprint density at radius 1 is 1.09 bits per heavy atom. The highest BCUT2D eigenvalue weighted by molar-refractivity contribution is 5.93. The molecule has 1 aromatic rings. The molecule has 1 fully saturated rings. The standard InChI is InChI=1S/C18H27N3O2/c1-4-13-7-6-8-14(5-2)18(13)20-17(23)12-21(3)11-16(22)19-15-9-10-15/h6-8,15H,4-5,9-12H2,1-3H3,(H,19,22)(H,20,23)/p+1. The number of anilines is 1. The summed E-state index contributed by atoms with van der Waals surface area (Å²) in [6, 6.07) is 6.50. The van der Waals surface area contributed by atoms with E-state index in [1.54, 1.807) is 0 Å². The second kappa shape index (κ2) is 8.11. The van der Waals surface area contributed by atoms with Crippen molar-refractivity contribution in [2.24, 2.45) is 0 Å². The van der Waals surface area contributed by atoms with Crippen LogP contribution in [0.5, 0.6) is 0 Å². The van der Waals surface area contributed by atoms with Crippen molar-refractivity contribution in [3.63, 3.8) is 0 Å². The molecular formula is C18H28N3O2+. The summed E-state index contributed by atoms with van der Waals surface area (Å²) in [7, 11) is 1.87. The van der Waals surface area contributed by atoms with Gasteiger partial charge in [0.1, 0.15) is 0 Å². The van der Waals surface area contributed by atoms with Crippen LogP contribution in [0, 0.1) is 0 Å². The fraction of sp³-hybridized carbons (Fsp3) is 0.556. The van der Waals surface area contributed by atoms with E-state index in [9.17, 15) is 9.59 Å². The van der Waals surface area contributed by atoms with Gasteiger partial charge < -0.3 is 15.5 Å². The van der Waals surface area contributed by atoms with Gasteiger partial charge in [0.15, 0.2) is 13.1 Å². The minimum absolute atomic E-state index is 0.0287. The van der Waals surface area contributed by atoms with Crippen molar-refractivity contribution in [3.05, 3.63) is 29.3 Å². The van der Waals surface area contributed by atoms with Gasteiger partial charge in [-0.15, -0.1) is 0 Å². The summed E-state index contributed by atoms with van der Waals surface area (Å²) in [4.78, 5) is 25.0. The number of nitrogens with one attached hydrogen (secondary N) is 3. The van der Waals surface area contributed by atoms with Crippen LogP contribution in [0.15, 0.2) is 18.2 Å². The Balaban J connectivity index is 1.89. The van der Waals surface area contributed by atoms with Crippen molar-refractivity contribution in [2.75, 3.05) is 25.5 Å². The van der Waals surface area contributed by atoms with Crippen molar-refractivity contribution in [3.8, 4) is 0 Å². The largest absolute Gasteiger partial charge is 0.348 e. The van der Waals surface area contributed by atoms with E-state index in [0.29, 0.717) is 19.1 Å². The van der Waals surface area contributed by atoms with Crippen molar-refractivity contribution in [1.29, 1.82) is 0 Å². The van der Waals surface area contributed by atoms with Gasteiger partial charge >= 0.3 is 0 Å². The molecule has 0 saturated heterocycles. The smallest absolute Gasteiger partial charge is 0.279 e. The molecule has 1 aromatic carbocycles. The van der Waals surface area contributed by atoms with Crippen LogP contribution in [0.1, 0.15) is 37.8 Å². The molecular weight excluding hydrogens is 290 g/mol. The number of aryl methyl sites for hydroxylation is 2. The van der Waals surface area contributed by atoms with E-state index in [0.717, 1.165) is 47.4 Å². The number of carbonyl (C=O) groups excluding carboxylic acids is 2. The monoisotopic (exact) mass is 318 g/mol. The molecule has 1 aliphatic rings. The summed E-state index contributed by atoms with van der Waals surface area (Å²) in [5, 5.41) is 6.00. The summed E-state index contributed by atoms with van der Waals surface area (Å²) < 4.78 is 0. The van der Waals surface area contributed by atoms with Gasteiger partial charge in [0.2, 0.25) is 0 Å². The van der Waals surface area contributed by atoms with Crippen molar-refractivity contribution in [1.82, 2.24) is 5.32 Å². The third-order valence-electron chi connectivity index (χ3n) is 4.13. The minimum atomic E-state index is -0.0441. The van der Waals surface area contributed by atoms with Gasteiger partial charge in [-0.1, -0.05) is 32.0 Å². The quantitative estimate of drug-likeness (QED) is 0.655. The first-order chi connectivity index (χ1) is 11.0. The molecule has 2 amide bonds. The van der Waals surface area contributed by atoms with E-state index in [2.05, 4.69) is 36.6 Å². The Morgan fingerprint density at radius 3 is 2.17 bits per heavy atom. The van der Waals surface area contributed by atoms with Crippen LogP contribution in [0.3, 0.4) is 0 Å². The highest BCUT2D eigenvalue weighted by Crippen LogP contribution is 2.22. The number of amides is 2. The molecule has 0 aliphatic heterocycles. The molecule has 2 rings (SSSR count). The maximum absolute atomic E-state index is 12.3. The maximum atomic E-state index is 12.3. The molecule has 0 radical (unpaired) electrons. The summed E-state index contributed by atoms with van der Waals surface area (Å²) in [6.45, 7) is 4.80. The fourth-order valence-electron chi connectivity index (χ4n) is 2.70. The third-order valence-corrected chi connectivity index (χ3v) is 4.13. The number of rotatable bonds is 8. The minimum Gasteiger partial charge on any atom is -0.348 e. The maximum Gasteiger partial charge on any atom is 0.279 e. The first kappa shape index (κ1) is 17.5. The van der Waals surface area contributed by atoms with Gasteiger partial charge in [-0.25, -0.2) is 0 Å². The fourth-order valence-corrected chi connectivity index (χ4v) is 2.70. The van der Waals surface area contributed by atoms with E-state index in [1.165, 1.54) is 0 Å². The summed E-state index contributed by atoms with van der Waals surface area (Å²) in [5.41, 5.74) is 3.25. The van der Waals surface area contributed by atoms with E-state index < -0.39 is 0 Å². The first-order valence-electron chi connectivity index (χ1n) is 8.54. The summed E-state index contributed by atoms with van der Waals surface area (Å²) in [5.74, 6) is -0.0154. The molecule has 1 aliphatic carbocycles. The Hall–Kier alpha value is -1.88. The molecule has 0 bridgehead atoms. The molecule has 1 unspecified atom stereocenters. The van der Waals surface area contributed by atoms with Crippen molar-refractivity contribution < 1.29 is 14.5 Å². The number of quaternary nitrogens is 1. The van der Waals surface area contributed by atoms with Crippen LogP contribution < -0.4 is 15.5 Å². The number of likely N-dealkylation sites (N-methyl/N-ethyl adjacent to an activating group) is 1. The molecule has 126 valence electrons. The second-order valence-electron chi connectivity index (χ2n) is 6.36. The van der Waals surface area contributed by atoms with Gasteiger partial charge in [-0.05, 0) is 36.8 Å². The molecule has 5 heteroatoms. The predicted molar refractivity (Wildman–Crippen MR) is 91.6 cm³/mol. The van der Waals surface area contributed by atoms with Crippen LogP contribution in [-0.2, 0) is 22.4 Å². The molecule has 0 heterocycles. The van der Waals surface area contributed by atoms with Gasteiger partial charge in [-0.2, -0.15) is 0 Å². The lowest BCUT2D eigenvalue weighted by Crippen LogP contribution is -3.11. The van der Waals surface area contributed by atoms with Gasteiger partial charge in [-0.3, -0.25) is 9.59 Å². The number of para-hydroxylation sites is 1. The van der Waals surface area contributed by atoms with Crippen LogP contribution in [0.25, 0.3) is 0 Å². The molecule has 1 saturated carbocycles. The van der Waals surface area contributed by atoms with Crippen LogP contribution in [0.4, 0.5) is 5.69 Å². The van der Waals surface area contributed by atoms with Crippen LogP contribution >= 0.6 is 0 Å². The van der Waals surface area contributed by atoms with E-state index in [-0.39, 0.29) is 11.8 Å². The number of carbonyl (C=O) groups is 2. The summed E-state index contributed by atoms with van der Waals surface area (Å²) >= 11 is 0. The van der Waals surface area contributed by atoms with Crippen molar-refractivity contribution in [2.45, 2.75) is 45.6 Å². The Labute approximate surface area is 138 Å². The Morgan fingerprint density at radius 2 is 1.65 bits per heavy atom. The van der Waals surface area contributed by atoms with Crippen molar-refractivity contribution >= 4 is 17.5 Å². The third kappa shape index (κ3) is 5.36. The SMILES string of the molecule is CCc1cccc(CC)c1NC(=O)C[NH+](C)CC(=O)NC1CC1. The van der Waals surface area contributed by atoms with E-state index >= 15 is 0 Å². The Bertz CT molecular complexity index is 545. The molecule has 0 aromatic heterocycles. The number of hydrogen-bond donors (Lipinski definition) is 3. The number of benzene rings is 1. The highest BCUT2D eigenvalue weighted by atomic mass is 16.2. The van der Waals surface area contributed by atoms with E-state index in [1.807, 2.05) is 13.1 Å². The molecule has 5 nitrogen and oxygen atoms in total. The average molecular weight is 318 g/mol. The zero-order valence-corrected chi connectivity index (χ0v) is 14.4. The normalized spacial score (nSPS) is 15.1. The number of hydrogen-bond acceptors (Lipinski definition) is 2. The average Bonchev–Trinajstić information content (AvgIpc) is 3.30. The van der Waals surface area contributed by atoms with Crippen LogP contribution in [0.2, 0.25) is 0 Å². The molecule has 23 heavy (non-hydrogen) atoms. The lowest BCUT2D eigenvalue weighted by atomic mass is 10.0. The zero-order chi connectivity index (χ0) is 16.8. The van der Waals surface area contributed by atoms with E-state index in [4.69, 9.17) is 0 Å². The molecule has 0 spiro atoms. The lowest BCUT2D eigenvalue weighted by molar-refractivity contribution is -0.862. The Kier molecular flexibility index (Phi) is 6.16. The molecule has 3 N–H and O–H groups in total.